The number of hydrogen-bond donors (Lipinski definition) is 1. The summed E-state index contributed by atoms with van der Waals surface area (Å²) in [4.78, 5) is 16.1. The maximum atomic E-state index is 13.5. The lowest BCUT2D eigenvalue weighted by molar-refractivity contribution is -0.141. The number of alkyl halides is 3. The molecule has 0 unspecified atom stereocenters. The maximum Gasteiger partial charge on any atom is 0.416 e. The molecule has 1 aliphatic heterocycles. The van der Waals surface area contributed by atoms with E-state index in [1.807, 2.05) is 19.9 Å². The Labute approximate surface area is 227 Å². The van der Waals surface area contributed by atoms with Crippen LogP contribution in [0, 0.1) is 13.8 Å². The molecule has 1 aliphatic rings. The standard InChI is InChI=1S/C29H36F3N5O2/c1-19-23(8-7-9-26(19)29(30,31)32)20(2)33-28-25-18-22(11-12-24(25)21(3)34-35-28)37-16-14-36(15-17-37)13-6-5-10-27(38)39-4/h7-9,11-12,18,20H,5-6,10,13-17H2,1-4H3,(H,33,35)/t20-/m1/s1. The van der Waals surface area contributed by atoms with Gasteiger partial charge in [-0.05, 0) is 69.5 Å². The minimum Gasteiger partial charge on any atom is -0.469 e. The van der Waals surface area contributed by atoms with E-state index in [1.165, 1.54) is 20.1 Å². The number of nitrogens with one attached hydrogen (secondary N) is 1. The quantitative estimate of drug-likeness (QED) is 0.266. The van der Waals surface area contributed by atoms with Crippen molar-refractivity contribution in [3.8, 4) is 0 Å². The maximum absolute atomic E-state index is 13.5. The first-order valence-electron chi connectivity index (χ1n) is 13.3. The summed E-state index contributed by atoms with van der Waals surface area (Å²) in [7, 11) is 1.42. The molecule has 3 aromatic rings. The van der Waals surface area contributed by atoms with Crippen molar-refractivity contribution >= 4 is 28.2 Å². The fraction of sp³-hybridized carbons (Fsp3) is 0.483. The number of aryl methyl sites for hydroxylation is 1. The van der Waals surface area contributed by atoms with Gasteiger partial charge in [-0.2, -0.15) is 18.3 Å². The highest BCUT2D eigenvalue weighted by atomic mass is 19.4. The smallest absolute Gasteiger partial charge is 0.416 e. The average Bonchev–Trinajstić information content (AvgIpc) is 2.92. The molecule has 39 heavy (non-hydrogen) atoms. The second-order valence-corrected chi connectivity index (χ2v) is 10.1. The summed E-state index contributed by atoms with van der Waals surface area (Å²) < 4.78 is 45.1. The number of rotatable bonds is 9. The largest absolute Gasteiger partial charge is 0.469 e. The average molecular weight is 544 g/mol. The van der Waals surface area contributed by atoms with Crippen LogP contribution in [-0.2, 0) is 15.7 Å². The van der Waals surface area contributed by atoms with Gasteiger partial charge in [0.05, 0.1) is 24.4 Å². The molecule has 1 aromatic heterocycles. The van der Waals surface area contributed by atoms with E-state index >= 15 is 0 Å². The minimum absolute atomic E-state index is 0.163. The first-order chi connectivity index (χ1) is 18.6. The van der Waals surface area contributed by atoms with Gasteiger partial charge in [0.25, 0.3) is 0 Å². The molecule has 210 valence electrons. The van der Waals surface area contributed by atoms with Crippen molar-refractivity contribution in [2.45, 2.75) is 52.3 Å². The molecule has 1 fully saturated rings. The van der Waals surface area contributed by atoms with E-state index in [2.05, 4.69) is 37.4 Å². The van der Waals surface area contributed by atoms with E-state index in [1.54, 1.807) is 6.07 Å². The lowest BCUT2D eigenvalue weighted by Crippen LogP contribution is -2.46. The number of methoxy groups -OCH3 is 1. The molecule has 0 aliphatic carbocycles. The molecule has 4 rings (SSSR count). The van der Waals surface area contributed by atoms with Crippen molar-refractivity contribution in [2.24, 2.45) is 0 Å². The van der Waals surface area contributed by atoms with Crippen LogP contribution in [0.5, 0.6) is 0 Å². The van der Waals surface area contributed by atoms with E-state index in [0.29, 0.717) is 17.8 Å². The van der Waals surface area contributed by atoms with Gasteiger partial charge in [-0.1, -0.05) is 18.2 Å². The van der Waals surface area contributed by atoms with Gasteiger partial charge in [0.15, 0.2) is 5.82 Å². The van der Waals surface area contributed by atoms with Crippen molar-refractivity contribution < 1.29 is 22.7 Å². The zero-order valence-electron chi connectivity index (χ0n) is 22.9. The number of piperazine rings is 1. The molecule has 2 heterocycles. The van der Waals surface area contributed by atoms with E-state index < -0.39 is 17.8 Å². The van der Waals surface area contributed by atoms with Crippen LogP contribution in [0.2, 0.25) is 0 Å². The highest BCUT2D eigenvalue weighted by Gasteiger charge is 2.33. The topological polar surface area (TPSA) is 70.6 Å². The molecule has 1 atom stereocenters. The van der Waals surface area contributed by atoms with Gasteiger partial charge in [-0.25, -0.2) is 0 Å². The van der Waals surface area contributed by atoms with Crippen molar-refractivity contribution in [3.63, 3.8) is 0 Å². The number of hydrogen-bond acceptors (Lipinski definition) is 7. The Morgan fingerprint density at radius 2 is 1.79 bits per heavy atom. The summed E-state index contributed by atoms with van der Waals surface area (Å²) in [6.45, 7) is 9.82. The van der Waals surface area contributed by atoms with E-state index in [4.69, 9.17) is 4.74 Å². The number of anilines is 2. The fourth-order valence-corrected chi connectivity index (χ4v) is 5.23. The summed E-state index contributed by atoms with van der Waals surface area (Å²) in [5.74, 6) is 0.385. The summed E-state index contributed by atoms with van der Waals surface area (Å²) in [5.41, 5.74) is 2.02. The van der Waals surface area contributed by atoms with Crippen LogP contribution in [-0.4, -0.2) is 60.9 Å². The SMILES string of the molecule is COC(=O)CCCCN1CCN(c2ccc3c(C)nnc(N[C@H](C)c4cccc(C(F)(F)F)c4C)c3c2)CC1. The Hall–Kier alpha value is -3.40. The lowest BCUT2D eigenvalue weighted by atomic mass is 9.97. The molecule has 1 saturated heterocycles. The number of ether oxygens (including phenoxy) is 1. The van der Waals surface area contributed by atoms with Crippen LogP contribution in [0.25, 0.3) is 10.8 Å². The Kier molecular flexibility index (Phi) is 8.94. The Morgan fingerprint density at radius 3 is 2.49 bits per heavy atom. The monoisotopic (exact) mass is 543 g/mol. The molecule has 0 saturated carbocycles. The van der Waals surface area contributed by atoms with Gasteiger partial charge in [-0.3, -0.25) is 9.69 Å². The predicted molar refractivity (Wildman–Crippen MR) is 147 cm³/mol. The summed E-state index contributed by atoms with van der Waals surface area (Å²) >= 11 is 0. The zero-order valence-corrected chi connectivity index (χ0v) is 22.9. The second kappa shape index (κ2) is 12.2. The molecule has 0 spiro atoms. The number of aromatic nitrogens is 2. The minimum atomic E-state index is -4.40. The van der Waals surface area contributed by atoms with Crippen LogP contribution < -0.4 is 10.2 Å². The Balaban J connectivity index is 1.48. The Morgan fingerprint density at radius 1 is 1.05 bits per heavy atom. The normalized spacial score (nSPS) is 15.4. The molecule has 0 bridgehead atoms. The summed E-state index contributed by atoms with van der Waals surface area (Å²) in [6.07, 6.45) is -2.16. The molecule has 0 radical (unpaired) electrons. The van der Waals surface area contributed by atoms with Crippen molar-refractivity contribution in [1.29, 1.82) is 0 Å². The van der Waals surface area contributed by atoms with Crippen LogP contribution >= 0.6 is 0 Å². The lowest BCUT2D eigenvalue weighted by Gasteiger charge is -2.36. The van der Waals surface area contributed by atoms with Gasteiger partial charge in [0.1, 0.15) is 0 Å². The zero-order chi connectivity index (χ0) is 28.2. The number of halogens is 3. The summed E-state index contributed by atoms with van der Waals surface area (Å²) in [6, 6.07) is 10.1. The molecule has 1 N–H and O–H groups in total. The molecular weight excluding hydrogens is 507 g/mol. The van der Waals surface area contributed by atoms with E-state index in [0.717, 1.165) is 73.8 Å². The van der Waals surface area contributed by atoms with Gasteiger partial charge in [-0.15, -0.1) is 5.10 Å². The third-order valence-electron chi connectivity index (χ3n) is 7.52. The first kappa shape index (κ1) is 28.6. The number of carbonyl (C=O) groups excluding carboxylic acids is 1. The fourth-order valence-electron chi connectivity index (χ4n) is 5.23. The molecular formula is C29H36F3N5O2. The number of fused-ring (bicyclic) bond motifs is 1. The summed E-state index contributed by atoms with van der Waals surface area (Å²) in [5, 5.41) is 13.9. The second-order valence-electron chi connectivity index (χ2n) is 10.1. The highest BCUT2D eigenvalue weighted by Crippen LogP contribution is 2.36. The predicted octanol–water partition coefficient (Wildman–Crippen LogP) is 5.90. The van der Waals surface area contributed by atoms with Crippen LogP contribution in [0.4, 0.5) is 24.7 Å². The number of benzene rings is 2. The highest BCUT2D eigenvalue weighted by molar-refractivity contribution is 5.95. The van der Waals surface area contributed by atoms with Gasteiger partial charge in [0, 0.05) is 49.1 Å². The number of esters is 1. The van der Waals surface area contributed by atoms with Crippen LogP contribution in [0.15, 0.2) is 36.4 Å². The number of nitrogens with zero attached hydrogens (tertiary/aromatic N) is 4. The first-order valence-corrected chi connectivity index (χ1v) is 13.3. The number of unbranched alkanes of at least 4 members (excludes halogenated alkanes) is 1. The van der Waals surface area contributed by atoms with Crippen molar-refractivity contribution in [1.82, 2.24) is 15.1 Å². The van der Waals surface area contributed by atoms with Gasteiger partial charge in [0.2, 0.25) is 0 Å². The Bertz CT molecular complexity index is 1310. The van der Waals surface area contributed by atoms with Crippen molar-refractivity contribution in [3.05, 3.63) is 58.8 Å². The molecule has 2 aromatic carbocycles. The van der Waals surface area contributed by atoms with E-state index in [9.17, 15) is 18.0 Å². The van der Waals surface area contributed by atoms with E-state index in [-0.39, 0.29) is 11.5 Å². The van der Waals surface area contributed by atoms with Crippen LogP contribution in [0.3, 0.4) is 0 Å². The number of carbonyl (C=O) groups is 1. The van der Waals surface area contributed by atoms with Crippen molar-refractivity contribution in [2.75, 3.05) is 50.1 Å². The molecule has 0 amide bonds. The van der Waals surface area contributed by atoms with Crippen LogP contribution in [0.1, 0.15) is 54.6 Å². The van der Waals surface area contributed by atoms with Gasteiger partial charge >= 0.3 is 12.1 Å². The molecule has 7 nitrogen and oxygen atoms in total. The van der Waals surface area contributed by atoms with Gasteiger partial charge < -0.3 is 15.0 Å². The molecule has 10 heteroatoms. The third-order valence-corrected chi connectivity index (χ3v) is 7.52. The third kappa shape index (κ3) is 6.79.